The van der Waals surface area contributed by atoms with E-state index in [1.165, 1.54) is 0 Å². The molecule has 8 saturated heterocycles. The Hall–Kier alpha value is -0.450. The molecule has 0 aromatic carbocycles. The summed E-state index contributed by atoms with van der Waals surface area (Å²) in [5.41, 5.74) is -1.53. The van der Waals surface area contributed by atoms with Crippen molar-refractivity contribution >= 4 is 10.2 Å². The number of nitrogens with one attached hydrogen (secondary N) is 2. The van der Waals surface area contributed by atoms with E-state index in [9.17, 15) is 8.42 Å². The molecule has 43 heavy (non-hydrogen) atoms. The average molecular weight is 629 g/mol. The SMILES string of the molecule is CC1CCC2[C@@H](C)C(NS(=O)(=O)N[C@@H]3OC4O[C@@]5(C)CCC6C(C)CCC([C@H]3C)[C@@]46OO5)OC3O[C@]4(C)CCC1C32OO4. The number of hydrogen-bond donors (Lipinski definition) is 2. The van der Waals surface area contributed by atoms with E-state index in [1.807, 2.05) is 27.7 Å². The Balaban J connectivity index is 1.03. The molecule has 0 aromatic heterocycles. The van der Waals surface area contributed by atoms with Crippen molar-refractivity contribution in [3.8, 4) is 0 Å². The van der Waals surface area contributed by atoms with Gasteiger partial charge in [-0.05, 0) is 76.0 Å². The first-order chi connectivity index (χ1) is 20.3. The first-order valence-electron chi connectivity index (χ1n) is 16.5. The third kappa shape index (κ3) is 4.26. The van der Waals surface area contributed by atoms with Crippen molar-refractivity contribution in [2.24, 2.45) is 47.3 Å². The maximum atomic E-state index is 13.8. The number of ether oxygens (including phenoxy) is 4. The normalized spacial score (nSPS) is 59.1. The Labute approximate surface area is 254 Å². The van der Waals surface area contributed by atoms with Gasteiger partial charge >= 0.3 is 0 Å². The van der Waals surface area contributed by atoms with Gasteiger partial charge in [0.15, 0.2) is 23.8 Å². The highest BCUT2D eigenvalue weighted by Gasteiger charge is 2.71. The minimum atomic E-state index is -4.08. The molecule has 13 heteroatoms. The molecule has 10 rings (SSSR count). The molecule has 2 aliphatic carbocycles. The van der Waals surface area contributed by atoms with Gasteiger partial charge in [0.2, 0.25) is 11.6 Å². The summed E-state index contributed by atoms with van der Waals surface area (Å²) >= 11 is 0. The Bertz CT molecular complexity index is 1160. The molecular formula is C30H48N2O10S. The Morgan fingerprint density at radius 2 is 1.00 bits per heavy atom. The lowest BCUT2D eigenvalue weighted by Crippen LogP contribution is -2.73. The van der Waals surface area contributed by atoms with E-state index in [0.29, 0.717) is 24.7 Å². The Kier molecular flexibility index (Phi) is 6.81. The summed E-state index contributed by atoms with van der Waals surface area (Å²) in [6.45, 7) is 12.3. The van der Waals surface area contributed by atoms with Crippen molar-refractivity contribution < 1.29 is 46.9 Å². The van der Waals surface area contributed by atoms with Crippen LogP contribution in [0.4, 0.5) is 0 Å². The largest absolute Gasteiger partial charge is 0.330 e. The van der Waals surface area contributed by atoms with Crippen LogP contribution in [0.3, 0.4) is 0 Å². The van der Waals surface area contributed by atoms with Gasteiger partial charge in [-0.2, -0.15) is 17.9 Å². The van der Waals surface area contributed by atoms with Gasteiger partial charge in [0, 0.05) is 36.5 Å². The molecule has 12 nitrogen and oxygen atoms in total. The summed E-state index contributed by atoms with van der Waals surface area (Å²) in [6, 6.07) is 0. The third-order valence-corrected chi connectivity index (χ3v) is 13.9. The molecule has 2 N–H and O–H groups in total. The average Bonchev–Trinajstić information content (AvgIpc) is 3.31. The van der Waals surface area contributed by atoms with E-state index in [2.05, 4.69) is 23.3 Å². The molecule has 2 spiro atoms. The summed E-state index contributed by atoms with van der Waals surface area (Å²) in [4.78, 5) is 24.2. The van der Waals surface area contributed by atoms with E-state index >= 15 is 0 Å². The molecule has 0 aromatic rings. The predicted molar refractivity (Wildman–Crippen MR) is 149 cm³/mol. The van der Waals surface area contributed by atoms with Crippen LogP contribution < -0.4 is 9.44 Å². The zero-order valence-corrected chi connectivity index (χ0v) is 26.9. The van der Waals surface area contributed by atoms with Gasteiger partial charge in [-0.15, -0.1) is 0 Å². The second-order valence-corrected chi connectivity index (χ2v) is 16.9. The molecule has 8 heterocycles. The van der Waals surface area contributed by atoms with Gasteiger partial charge in [-0.25, -0.2) is 19.6 Å². The maximum Gasteiger partial charge on any atom is 0.281 e. The first kappa shape index (κ1) is 29.9. The van der Waals surface area contributed by atoms with Crippen molar-refractivity contribution in [3.63, 3.8) is 0 Å². The van der Waals surface area contributed by atoms with E-state index in [-0.39, 0.29) is 35.5 Å². The summed E-state index contributed by atoms with van der Waals surface area (Å²) in [7, 11) is -4.08. The summed E-state index contributed by atoms with van der Waals surface area (Å²) in [5, 5.41) is 0. The van der Waals surface area contributed by atoms with Gasteiger partial charge < -0.3 is 18.9 Å². The molecule has 4 bridgehead atoms. The highest BCUT2D eigenvalue weighted by atomic mass is 32.2. The minimum absolute atomic E-state index is 0.00139. The lowest BCUT2D eigenvalue weighted by Gasteiger charge is -2.60. The van der Waals surface area contributed by atoms with Gasteiger partial charge in [-0.1, -0.05) is 27.7 Å². The zero-order valence-electron chi connectivity index (χ0n) is 26.1. The van der Waals surface area contributed by atoms with Gasteiger partial charge in [0.25, 0.3) is 10.2 Å². The lowest BCUT2D eigenvalue weighted by atomic mass is 9.58. The molecule has 244 valence electrons. The molecule has 16 atom stereocenters. The highest BCUT2D eigenvalue weighted by molar-refractivity contribution is 7.87. The van der Waals surface area contributed by atoms with Crippen LogP contribution in [0, 0.1) is 47.3 Å². The van der Waals surface area contributed by atoms with Crippen LogP contribution in [0.2, 0.25) is 0 Å². The summed E-state index contributed by atoms with van der Waals surface area (Å²) in [6.07, 6.45) is 3.92. The van der Waals surface area contributed by atoms with Gasteiger partial charge in [0.05, 0.1) is 0 Å². The quantitative estimate of drug-likeness (QED) is 0.443. The van der Waals surface area contributed by atoms with Gasteiger partial charge in [-0.3, -0.25) is 0 Å². The number of hydrogen-bond acceptors (Lipinski definition) is 10. The van der Waals surface area contributed by atoms with Crippen LogP contribution in [0.25, 0.3) is 0 Å². The molecule has 8 aliphatic heterocycles. The third-order valence-electron chi connectivity index (χ3n) is 12.9. The van der Waals surface area contributed by atoms with Crippen LogP contribution in [-0.4, -0.2) is 56.2 Å². The number of fused-ring (bicyclic) bond motifs is 4. The van der Waals surface area contributed by atoms with Crippen molar-refractivity contribution in [3.05, 3.63) is 0 Å². The highest BCUT2D eigenvalue weighted by Crippen LogP contribution is 2.62. The van der Waals surface area contributed by atoms with Crippen LogP contribution in [0.15, 0.2) is 0 Å². The second-order valence-electron chi connectivity index (χ2n) is 15.4. The van der Waals surface area contributed by atoms with E-state index in [1.54, 1.807) is 0 Å². The first-order valence-corrected chi connectivity index (χ1v) is 18.0. The topological polar surface area (TPSA) is 132 Å². The lowest BCUT2D eigenvalue weighted by molar-refractivity contribution is -0.571. The predicted octanol–water partition coefficient (Wildman–Crippen LogP) is 3.83. The fourth-order valence-corrected chi connectivity index (χ4v) is 11.6. The maximum absolute atomic E-state index is 13.8. The van der Waals surface area contributed by atoms with Crippen LogP contribution >= 0.6 is 0 Å². The van der Waals surface area contributed by atoms with Crippen LogP contribution in [0.1, 0.15) is 92.9 Å². The van der Waals surface area contributed by atoms with Crippen LogP contribution in [-0.2, 0) is 48.7 Å². The fourth-order valence-electron chi connectivity index (χ4n) is 10.4. The van der Waals surface area contributed by atoms with Crippen molar-refractivity contribution in [1.82, 2.24) is 9.44 Å². The molecule has 0 amide bonds. The molecule has 2 saturated carbocycles. The smallest absolute Gasteiger partial charge is 0.281 e. The molecule has 10 aliphatic rings. The van der Waals surface area contributed by atoms with E-state index in [4.69, 9.17) is 38.5 Å². The summed E-state index contributed by atoms with van der Waals surface area (Å²) in [5.74, 6) is -0.983. The summed E-state index contributed by atoms with van der Waals surface area (Å²) < 4.78 is 59.1. The van der Waals surface area contributed by atoms with Crippen LogP contribution in [0.5, 0.6) is 0 Å². The monoisotopic (exact) mass is 628 g/mol. The molecule has 10 fully saturated rings. The van der Waals surface area contributed by atoms with Gasteiger partial charge in [0.1, 0.15) is 12.5 Å². The van der Waals surface area contributed by atoms with E-state index < -0.39 is 58.0 Å². The zero-order chi connectivity index (χ0) is 30.2. The number of rotatable bonds is 4. The standard InChI is InChI=1S/C30H48N2O10S/c1-15-7-9-21-17(3)23(35-25-29(21)19(15)11-13-27(5,37-25)39-41-29)31-43(33,34)32-24-18(4)22-10-8-16(2)20-12-14-28(6)38-26(36-24)30(20,22)42-40-28/h15-26,31-32H,7-14H2,1-6H3/t15?,16?,17-,18-,19?,20?,21?,22?,23-,24?,25?,26?,27-,28+,29-,30?/m1/s1. The Morgan fingerprint density at radius 1 is 0.581 bits per heavy atom. The van der Waals surface area contributed by atoms with Crippen molar-refractivity contribution in [2.45, 2.75) is 141 Å². The second kappa shape index (κ2) is 9.79. The van der Waals surface area contributed by atoms with E-state index in [0.717, 1.165) is 38.5 Å². The van der Waals surface area contributed by atoms with Crippen molar-refractivity contribution in [1.29, 1.82) is 0 Å². The fraction of sp³-hybridized carbons (Fsp3) is 1.00. The minimum Gasteiger partial charge on any atom is -0.330 e. The molecule has 10 unspecified atom stereocenters. The molecule has 0 radical (unpaired) electrons. The Morgan fingerprint density at radius 3 is 1.42 bits per heavy atom. The van der Waals surface area contributed by atoms with Crippen molar-refractivity contribution in [2.75, 3.05) is 0 Å². The molecular weight excluding hydrogens is 580 g/mol.